The number of aliphatic hydroxyl groups excluding tert-OH is 1. The molecule has 0 bridgehead atoms. The van der Waals surface area contributed by atoms with Gasteiger partial charge in [-0.25, -0.2) is 8.78 Å². The first-order chi connectivity index (χ1) is 9.40. The number of nitrogens with one attached hydrogen (secondary N) is 1. The lowest BCUT2D eigenvalue weighted by Gasteiger charge is -2.15. The van der Waals surface area contributed by atoms with E-state index in [1.165, 1.54) is 6.07 Å². The van der Waals surface area contributed by atoms with E-state index in [2.05, 4.69) is 5.32 Å². The van der Waals surface area contributed by atoms with Gasteiger partial charge in [0.1, 0.15) is 18.5 Å². The van der Waals surface area contributed by atoms with Crippen LogP contribution < -0.4 is 15.8 Å². The highest BCUT2D eigenvalue weighted by molar-refractivity contribution is 5.88. The van der Waals surface area contributed by atoms with Crippen molar-refractivity contribution in [2.75, 3.05) is 13.2 Å². The molecule has 4 N–H and O–H groups in total. The Labute approximate surface area is 126 Å². The largest absolute Gasteiger partial charge is 0.491 e. The van der Waals surface area contributed by atoms with Gasteiger partial charge in [-0.2, -0.15) is 0 Å². The zero-order valence-electron chi connectivity index (χ0n) is 11.1. The molecule has 0 spiro atoms. The summed E-state index contributed by atoms with van der Waals surface area (Å²) in [5.74, 6) is -2.19. The van der Waals surface area contributed by atoms with Crippen molar-refractivity contribution >= 4 is 18.3 Å². The predicted molar refractivity (Wildman–Crippen MR) is 74.3 cm³/mol. The van der Waals surface area contributed by atoms with Gasteiger partial charge in [-0.15, -0.1) is 12.4 Å². The monoisotopic (exact) mass is 322 g/mol. The first-order valence-electron chi connectivity index (χ1n) is 6.24. The molecule has 8 heteroatoms. The summed E-state index contributed by atoms with van der Waals surface area (Å²) in [5, 5.41) is 12.1. The van der Waals surface area contributed by atoms with E-state index in [1.807, 2.05) is 0 Å². The second-order valence-electron chi connectivity index (χ2n) is 4.91. The van der Waals surface area contributed by atoms with Crippen LogP contribution in [0, 0.1) is 11.6 Å². The molecule has 1 aliphatic rings. The van der Waals surface area contributed by atoms with Gasteiger partial charge in [0, 0.05) is 12.6 Å². The molecule has 0 aliphatic heterocycles. The summed E-state index contributed by atoms with van der Waals surface area (Å²) in [5.41, 5.74) is 4.88. The van der Waals surface area contributed by atoms with Gasteiger partial charge in [-0.1, -0.05) is 0 Å². The molecule has 21 heavy (non-hydrogen) atoms. The highest BCUT2D eigenvalue weighted by atomic mass is 35.5. The molecule has 1 unspecified atom stereocenters. The summed E-state index contributed by atoms with van der Waals surface area (Å²) in [6.07, 6.45) is 0.315. The quantitative estimate of drug-likeness (QED) is 0.721. The minimum atomic E-state index is -1.02. The molecule has 1 atom stereocenters. The SMILES string of the molecule is Cl.NC1(C(=O)NCC(O)COc2ccc(F)c(F)c2)CC1. The van der Waals surface area contributed by atoms with E-state index in [-0.39, 0.29) is 37.2 Å². The van der Waals surface area contributed by atoms with E-state index in [9.17, 15) is 18.7 Å². The summed E-state index contributed by atoms with van der Waals surface area (Å²) in [4.78, 5) is 11.5. The second kappa shape index (κ2) is 7.02. The second-order valence-corrected chi connectivity index (χ2v) is 4.91. The number of ether oxygens (including phenoxy) is 1. The highest BCUT2D eigenvalue weighted by Gasteiger charge is 2.45. The summed E-state index contributed by atoms with van der Waals surface area (Å²) >= 11 is 0. The van der Waals surface area contributed by atoms with Crippen molar-refractivity contribution in [1.29, 1.82) is 0 Å². The van der Waals surface area contributed by atoms with Gasteiger partial charge < -0.3 is 20.9 Å². The number of nitrogens with two attached hydrogens (primary N) is 1. The fourth-order valence-corrected chi connectivity index (χ4v) is 1.57. The highest BCUT2D eigenvalue weighted by Crippen LogP contribution is 2.31. The number of hydrogen-bond donors (Lipinski definition) is 3. The fourth-order valence-electron chi connectivity index (χ4n) is 1.57. The van der Waals surface area contributed by atoms with Crippen LogP contribution in [0.4, 0.5) is 8.78 Å². The lowest BCUT2D eigenvalue weighted by atomic mass is 10.2. The molecule has 0 radical (unpaired) electrons. The Balaban J connectivity index is 0.00000220. The van der Waals surface area contributed by atoms with E-state index >= 15 is 0 Å². The van der Waals surface area contributed by atoms with E-state index in [4.69, 9.17) is 10.5 Å². The molecule has 5 nitrogen and oxygen atoms in total. The zero-order valence-corrected chi connectivity index (χ0v) is 12.0. The number of halogens is 3. The van der Waals surface area contributed by atoms with Crippen LogP contribution in [-0.4, -0.2) is 35.8 Å². The maximum atomic E-state index is 12.9. The van der Waals surface area contributed by atoms with Crippen molar-refractivity contribution < 1.29 is 23.4 Å². The molecule has 1 saturated carbocycles. The fraction of sp³-hybridized carbons (Fsp3) is 0.462. The maximum Gasteiger partial charge on any atom is 0.240 e. The van der Waals surface area contributed by atoms with Crippen LogP contribution in [0.1, 0.15) is 12.8 Å². The first-order valence-corrected chi connectivity index (χ1v) is 6.24. The molecule has 1 amide bonds. The first kappa shape index (κ1) is 17.6. The van der Waals surface area contributed by atoms with Gasteiger partial charge in [-0.05, 0) is 25.0 Å². The van der Waals surface area contributed by atoms with Crippen LogP contribution in [0.15, 0.2) is 18.2 Å². The predicted octanol–water partition coefficient (Wildman–Crippen LogP) is 0.734. The average Bonchev–Trinajstić information content (AvgIpc) is 3.16. The molecular formula is C13H17ClF2N2O3. The van der Waals surface area contributed by atoms with E-state index < -0.39 is 23.3 Å². The standard InChI is InChI=1S/C13H16F2N2O3.ClH/c14-10-2-1-9(5-11(10)15)20-7-8(18)6-17-12(19)13(16)3-4-13;/h1-2,5,8,18H,3-4,6-7,16H2,(H,17,19);1H. The lowest BCUT2D eigenvalue weighted by molar-refractivity contribution is -0.123. The molecular weight excluding hydrogens is 306 g/mol. The Kier molecular flexibility index (Phi) is 5.88. The minimum Gasteiger partial charge on any atom is -0.491 e. The number of rotatable bonds is 6. The molecule has 118 valence electrons. The van der Waals surface area contributed by atoms with Gasteiger partial charge in [-0.3, -0.25) is 4.79 Å². The summed E-state index contributed by atoms with van der Waals surface area (Å²) in [7, 11) is 0. The van der Waals surface area contributed by atoms with Crippen LogP contribution in [0.2, 0.25) is 0 Å². The van der Waals surface area contributed by atoms with Crippen LogP contribution >= 0.6 is 12.4 Å². The number of carbonyl (C=O) groups is 1. The van der Waals surface area contributed by atoms with Crippen molar-refractivity contribution in [3.8, 4) is 5.75 Å². The van der Waals surface area contributed by atoms with Crippen LogP contribution in [0.5, 0.6) is 5.75 Å². The Hall–Kier alpha value is -1.44. The lowest BCUT2D eigenvalue weighted by Crippen LogP contribution is -2.46. The molecule has 1 aromatic rings. The normalized spacial score (nSPS) is 16.6. The van der Waals surface area contributed by atoms with Crippen molar-refractivity contribution in [3.63, 3.8) is 0 Å². The summed E-state index contributed by atoms with van der Waals surface area (Å²) in [6.45, 7) is -0.162. The molecule has 0 aromatic heterocycles. The van der Waals surface area contributed by atoms with Crippen molar-refractivity contribution in [2.45, 2.75) is 24.5 Å². The van der Waals surface area contributed by atoms with Crippen LogP contribution in [-0.2, 0) is 4.79 Å². The number of aliphatic hydroxyl groups is 1. The van der Waals surface area contributed by atoms with Gasteiger partial charge in [0.05, 0.1) is 5.54 Å². The Morgan fingerprint density at radius 1 is 1.43 bits per heavy atom. The molecule has 1 aliphatic carbocycles. The Morgan fingerprint density at radius 3 is 2.67 bits per heavy atom. The van der Waals surface area contributed by atoms with Crippen molar-refractivity contribution in [3.05, 3.63) is 29.8 Å². The van der Waals surface area contributed by atoms with E-state index in [0.717, 1.165) is 12.1 Å². The van der Waals surface area contributed by atoms with E-state index in [1.54, 1.807) is 0 Å². The topological polar surface area (TPSA) is 84.6 Å². The van der Waals surface area contributed by atoms with Crippen LogP contribution in [0.3, 0.4) is 0 Å². The molecule has 2 rings (SSSR count). The van der Waals surface area contributed by atoms with Gasteiger partial charge in [0.2, 0.25) is 5.91 Å². The third-order valence-corrected chi connectivity index (χ3v) is 3.07. The number of amides is 1. The third-order valence-electron chi connectivity index (χ3n) is 3.07. The summed E-state index contributed by atoms with van der Waals surface area (Å²) in [6, 6.07) is 3.08. The Morgan fingerprint density at radius 2 is 2.10 bits per heavy atom. The Bertz CT molecular complexity index is 512. The van der Waals surface area contributed by atoms with Gasteiger partial charge in [0.25, 0.3) is 0 Å². The van der Waals surface area contributed by atoms with Crippen molar-refractivity contribution in [1.82, 2.24) is 5.32 Å². The molecule has 0 heterocycles. The zero-order chi connectivity index (χ0) is 14.8. The average molecular weight is 323 g/mol. The van der Waals surface area contributed by atoms with Crippen molar-refractivity contribution in [2.24, 2.45) is 5.73 Å². The van der Waals surface area contributed by atoms with E-state index in [0.29, 0.717) is 12.8 Å². The molecule has 0 saturated heterocycles. The van der Waals surface area contributed by atoms with Gasteiger partial charge >= 0.3 is 0 Å². The number of hydrogen-bond acceptors (Lipinski definition) is 4. The number of carbonyl (C=O) groups excluding carboxylic acids is 1. The van der Waals surface area contributed by atoms with Gasteiger partial charge in [0.15, 0.2) is 11.6 Å². The number of benzene rings is 1. The third kappa shape index (κ3) is 4.80. The maximum absolute atomic E-state index is 12.9. The smallest absolute Gasteiger partial charge is 0.240 e. The van der Waals surface area contributed by atoms with Crippen LogP contribution in [0.25, 0.3) is 0 Å². The molecule has 1 aromatic carbocycles. The molecule has 1 fully saturated rings. The minimum absolute atomic E-state index is 0. The summed E-state index contributed by atoms with van der Waals surface area (Å²) < 4.78 is 30.7.